The van der Waals surface area contributed by atoms with Crippen LogP contribution < -0.4 is 5.73 Å². The van der Waals surface area contributed by atoms with E-state index < -0.39 is 0 Å². The summed E-state index contributed by atoms with van der Waals surface area (Å²) in [6.45, 7) is 2.54. The molecule has 0 fully saturated rings. The Hall–Kier alpha value is -0.770. The molecule has 0 aromatic heterocycles. The molecule has 1 unspecified atom stereocenters. The fraction of sp³-hybridized carbons (Fsp3) is 0.833. The Balaban J connectivity index is 3.69. The molecule has 0 aromatic carbocycles. The lowest BCUT2D eigenvalue weighted by molar-refractivity contribution is 0.145. The van der Waals surface area contributed by atoms with Gasteiger partial charge >= 0.3 is 0 Å². The van der Waals surface area contributed by atoms with Crippen LogP contribution in [-0.2, 0) is 4.74 Å². The first-order chi connectivity index (χ1) is 4.59. The van der Waals surface area contributed by atoms with Crippen molar-refractivity contribution in [3.8, 4) is 0 Å². The fourth-order valence-corrected chi connectivity index (χ4v) is 0.590. The van der Waals surface area contributed by atoms with Crippen LogP contribution in [0, 0.1) is 5.41 Å². The van der Waals surface area contributed by atoms with Crippen molar-refractivity contribution < 1.29 is 4.74 Å². The molecule has 1 atom stereocenters. The van der Waals surface area contributed by atoms with Gasteiger partial charge in [0.25, 0.3) is 0 Å². The number of ether oxygens (including phenoxy) is 1. The van der Waals surface area contributed by atoms with Gasteiger partial charge in [-0.25, -0.2) is 0 Å². The summed E-state index contributed by atoms with van der Waals surface area (Å²) >= 11 is 0. The number of nitrogens with two attached hydrogens (primary N) is 1. The van der Waals surface area contributed by atoms with Gasteiger partial charge in [0.1, 0.15) is 0 Å². The molecule has 3 N–H and O–H groups in total. The van der Waals surface area contributed by atoms with Gasteiger partial charge in [-0.1, -0.05) is 0 Å². The molecular weight excluding hydrogens is 130 g/mol. The lowest BCUT2D eigenvalue weighted by Crippen LogP contribution is -2.41. The maximum atomic E-state index is 7.06. The topological polar surface area (TPSA) is 62.3 Å². The second-order valence-electron chi connectivity index (χ2n) is 2.30. The molecule has 0 heterocycles. The molecule has 0 radical (unpaired) electrons. The standard InChI is InChI=1S/C6H15N3O/c1-5(4-10-3)9(2)6(7)8/h5H,4H2,1-3H3,(H3,7,8). The molecule has 0 bridgehead atoms. The van der Waals surface area contributed by atoms with E-state index in [1.807, 2.05) is 6.92 Å². The summed E-state index contributed by atoms with van der Waals surface area (Å²) in [5.74, 6) is 0.0737. The molecule has 0 aliphatic rings. The van der Waals surface area contributed by atoms with Gasteiger partial charge < -0.3 is 15.4 Å². The highest BCUT2D eigenvalue weighted by molar-refractivity contribution is 5.74. The van der Waals surface area contributed by atoms with Crippen LogP contribution in [0.1, 0.15) is 6.92 Å². The minimum absolute atomic E-state index is 0.0737. The van der Waals surface area contributed by atoms with Crippen LogP contribution in [0.5, 0.6) is 0 Å². The van der Waals surface area contributed by atoms with E-state index >= 15 is 0 Å². The first-order valence-electron chi connectivity index (χ1n) is 3.15. The van der Waals surface area contributed by atoms with E-state index in [1.54, 1.807) is 19.1 Å². The summed E-state index contributed by atoms with van der Waals surface area (Å²) in [5.41, 5.74) is 5.22. The molecular formula is C6H15N3O. The van der Waals surface area contributed by atoms with Crippen LogP contribution in [0.25, 0.3) is 0 Å². The van der Waals surface area contributed by atoms with Crippen molar-refractivity contribution in [3.63, 3.8) is 0 Å². The van der Waals surface area contributed by atoms with Gasteiger partial charge in [-0.2, -0.15) is 0 Å². The molecule has 10 heavy (non-hydrogen) atoms. The van der Waals surface area contributed by atoms with E-state index in [1.165, 1.54) is 0 Å². The second kappa shape index (κ2) is 4.11. The third-order valence-electron chi connectivity index (χ3n) is 1.45. The van der Waals surface area contributed by atoms with Crippen LogP contribution in [-0.4, -0.2) is 37.7 Å². The SMILES string of the molecule is COCC(C)N(C)C(=N)N. The third kappa shape index (κ3) is 2.68. The number of rotatable bonds is 3. The van der Waals surface area contributed by atoms with E-state index in [4.69, 9.17) is 15.9 Å². The Morgan fingerprint density at radius 3 is 2.60 bits per heavy atom. The van der Waals surface area contributed by atoms with E-state index in [2.05, 4.69) is 0 Å². The van der Waals surface area contributed by atoms with Gasteiger partial charge in [-0.3, -0.25) is 5.41 Å². The molecule has 0 aromatic rings. The number of guanidine groups is 1. The highest BCUT2D eigenvalue weighted by atomic mass is 16.5. The Morgan fingerprint density at radius 1 is 1.80 bits per heavy atom. The average Bonchev–Trinajstić information content (AvgIpc) is 1.87. The van der Waals surface area contributed by atoms with Crippen LogP contribution in [0.2, 0.25) is 0 Å². The van der Waals surface area contributed by atoms with Crippen LogP contribution in [0.15, 0.2) is 0 Å². The summed E-state index contributed by atoms with van der Waals surface area (Å²) in [4.78, 5) is 1.66. The summed E-state index contributed by atoms with van der Waals surface area (Å²) in [5, 5.41) is 7.06. The molecule has 4 heteroatoms. The first kappa shape index (κ1) is 9.23. The number of hydrogen-bond donors (Lipinski definition) is 2. The van der Waals surface area contributed by atoms with Gasteiger partial charge in [0, 0.05) is 14.2 Å². The maximum absolute atomic E-state index is 7.06. The third-order valence-corrected chi connectivity index (χ3v) is 1.45. The Kier molecular flexibility index (Phi) is 3.79. The fourth-order valence-electron chi connectivity index (χ4n) is 0.590. The molecule has 0 saturated heterocycles. The summed E-state index contributed by atoms with van der Waals surface area (Å²) in [6, 6.07) is 0.169. The highest BCUT2D eigenvalue weighted by Crippen LogP contribution is 1.92. The highest BCUT2D eigenvalue weighted by Gasteiger charge is 2.08. The lowest BCUT2D eigenvalue weighted by atomic mass is 10.3. The van der Waals surface area contributed by atoms with Crippen molar-refractivity contribution in [2.75, 3.05) is 20.8 Å². The van der Waals surface area contributed by atoms with Crippen LogP contribution in [0.3, 0.4) is 0 Å². The van der Waals surface area contributed by atoms with Gasteiger partial charge in [0.05, 0.1) is 12.6 Å². The number of methoxy groups -OCH3 is 1. The Morgan fingerprint density at radius 2 is 2.30 bits per heavy atom. The van der Waals surface area contributed by atoms with Crippen molar-refractivity contribution in [3.05, 3.63) is 0 Å². The zero-order valence-corrected chi connectivity index (χ0v) is 6.72. The monoisotopic (exact) mass is 145 g/mol. The minimum atomic E-state index is 0.0737. The van der Waals surface area contributed by atoms with E-state index in [-0.39, 0.29) is 12.0 Å². The zero-order chi connectivity index (χ0) is 8.15. The number of nitrogens with one attached hydrogen (secondary N) is 1. The predicted octanol–water partition coefficient (Wildman–Crippen LogP) is -0.153. The molecule has 0 rings (SSSR count). The van der Waals surface area contributed by atoms with Crippen molar-refractivity contribution in [2.45, 2.75) is 13.0 Å². The molecule has 0 saturated carbocycles. The number of likely N-dealkylation sites (N-methyl/N-ethyl adjacent to an activating group) is 1. The average molecular weight is 145 g/mol. The normalized spacial score (nSPS) is 12.7. The van der Waals surface area contributed by atoms with Crippen molar-refractivity contribution in [1.29, 1.82) is 5.41 Å². The smallest absolute Gasteiger partial charge is 0.188 e. The van der Waals surface area contributed by atoms with E-state index in [0.29, 0.717) is 6.61 Å². The molecule has 60 valence electrons. The van der Waals surface area contributed by atoms with E-state index in [0.717, 1.165) is 0 Å². The van der Waals surface area contributed by atoms with E-state index in [9.17, 15) is 0 Å². The molecule has 0 aliphatic heterocycles. The van der Waals surface area contributed by atoms with Crippen molar-refractivity contribution >= 4 is 5.96 Å². The number of hydrogen-bond acceptors (Lipinski definition) is 2. The molecule has 0 spiro atoms. The predicted molar refractivity (Wildman–Crippen MR) is 41.0 cm³/mol. The van der Waals surface area contributed by atoms with Gasteiger partial charge in [0.15, 0.2) is 5.96 Å². The maximum Gasteiger partial charge on any atom is 0.188 e. The summed E-state index contributed by atoms with van der Waals surface area (Å²) < 4.78 is 4.88. The summed E-state index contributed by atoms with van der Waals surface area (Å²) in [6.07, 6.45) is 0. The molecule has 4 nitrogen and oxygen atoms in total. The molecule has 0 aliphatic carbocycles. The van der Waals surface area contributed by atoms with Crippen molar-refractivity contribution in [2.24, 2.45) is 5.73 Å². The Labute approximate surface area is 61.5 Å². The molecule has 0 amide bonds. The summed E-state index contributed by atoms with van der Waals surface area (Å²) in [7, 11) is 3.40. The van der Waals surface area contributed by atoms with Crippen molar-refractivity contribution in [1.82, 2.24) is 4.90 Å². The zero-order valence-electron chi connectivity index (χ0n) is 6.72. The van der Waals surface area contributed by atoms with Crippen LogP contribution in [0.4, 0.5) is 0 Å². The van der Waals surface area contributed by atoms with Gasteiger partial charge in [-0.05, 0) is 6.92 Å². The van der Waals surface area contributed by atoms with Crippen LogP contribution >= 0.6 is 0 Å². The largest absolute Gasteiger partial charge is 0.383 e. The quantitative estimate of drug-likeness (QED) is 0.428. The van der Waals surface area contributed by atoms with Gasteiger partial charge in [-0.15, -0.1) is 0 Å². The first-order valence-corrected chi connectivity index (χ1v) is 3.15. The lowest BCUT2D eigenvalue weighted by Gasteiger charge is -2.23. The van der Waals surface area contributed by atoms with Gasteiger partial charge in [0.2, 0.25) is 0 Å². The number of nitrogens with zero attached hydrogens (tertiary/aromatic N) is 1. The second-order valence-corrected chi connectivity index (χ2v) is 2.30. The minimum Gasteiger partial charge on any atom is -0.383 e. The Bertz CT molecular complexity index is 116.